The summed E-state index contributed by atoms with van der Waals surface area (Å²) >= 11 is 4.42. The lowest BCUT2D eigenvalue weighted by atomic mass is 10.3. The number of carbonyl (C=O) groups excluding carboxylic acids is 1. The zero-order chi connectivity index (χ0) is 16.9. The number of thioether (sulfide) groups is 2. The zero-order valence-electron chi connectivity index (χ0n) is 13.1. The van der Waals surface area contributed by atoms with Gasteiger partial charge in [0, 0.05) is 10.6 Å². The van der Waals surface area contributed by atoms with Gasteiger partial charge in [0.15, 0.2) is 0 Å². The molecule has 5 nitrogen and oxygen atoms in total. The molecule has 2 heterocycles. The molecule has 0 saturated carbocycles. The number of benzene rings is 1. The number of nitrogens with zero attached hydrogens (tertiary/aromatic N) is 2. The minimum atomic E-state index is -0.106. The fourth-order valence-corrected chi connectivity index (χ4v) is 3.84. The predicted molar refractivity (Wildman–Crippen MR) is 99.9 cm³/mol. The van der Waals surface area contributed by atoms with Gasteiger partial charge in [0.05, 0.1) is 10.6 Å². The zero-order valence-corrected chi connectivity index (χ0v) is 15.6. The Morgan fingerprint density at radius 1 is 1.33 bits per heavy atom. The summed E-state index contributed by atoms with van der Waals surface area (Å²) in [5, 5.41) is 13.3. The van der Waals surface area contributed by atoms with Gasteiger partial charge in [-0.1, -0.05) is 17.8 Å². The van der Waals surface area contributed by atoms with Crippen LogP contribution >= 0.6 is 34.9 Å². The topological polar surface area (TPSA) is 68.0 Å². The van der Waals surface area contributed by atoms with E-state index in [9.17, 15) is 4.79 Å². The number of aromatic nitrogens is 2. The van der Waals surface area contributed by atoms with Crippen molar-refractivity contribution in [2.45, 2.75) is 17.0 Å². The second-order valence-corrected chi connectivity index (χ2v) is 7.60. The highest BCUT2D eigenvalue weighted by atomic mass is 32.2. The second kappa shape index (κ2) is 7.87. The molecule has 0 unspecified atom stereocenters. The van der Waals surface area contributed by atoms with E-state index in [4.69, 9.17) is 4.42 Å². The number of thiophene rings is 1. The molecule has 2 aromatic heterocycles. The Balaban J connectivity index is 1.57. The van der Waals surface area contributed by atoms with E-state index in [0.29, 0.717) is 11.1 Å². The molecule has 0 fully saturated rings. The molecular formula is C16H15N3O2S3. The maximum atomic E-state index is 12.0. The minimum absolute atomic E-state index is 0.106. The molecule has 1 aromatic carbocycles. The van der Waals surface area contributed by atoms with Crippen LogP contribution in [-0.2, 0) is 4.79 Å². The summed E-state index contributed by atoms with van der Waals surface area (Å²) in [6, 6.07) is 9.74. The third-order valence-corrected chi connectivity index (χ3v) is 5.69. The van der Waals surface area contributed by atoms with Crippen LogP contribution in [0.4, 0.5) is 5.69 Å². The fraction of sp³-hybridized carbons (Fsp3) is 0.188. The lowest BCUT2D eigenvalue weighted by Crippen LogP contribution is -2.13. The molecule has 0 atom stereocenters. The molecule has 0 bridgehead atoms. The summed E-state index contributed by atoms with van der Waals surface area (Å²) in [4.78, 5) is 14.1. The molecule has 1 N–H and O–H groups in total. The quantitative estimate of drug-likeness (QED) is 0.635. The number of carbonyl (C=O) groups is 1. The predicted octanol–water partition coefficient (Wildman–Crippen LogP) is 4.56. The van der Waals surface area contributed by atoms with E-state index in [0.717, 1.165) is 21.0 Å². The Hall–Kier alpha value is -1.77. The van der Waals surface area contributed by atoms with Gasteiger partial charge in [-0.25, -0.2) is 0 Å². The van der Waals surface area contributed by atoms with Gasteiger partial charge in [0.1, 0.15) is 0 Å². The van der Waals surface area contributed by atoms with E-state index < -0.39 is 0 Å². The molecule has 0 aliphatic rings. The van der Waals surface area contributed by atoms with E-state index in [1.54, 1.807) is 23.1 Å². The minimum Gasteiger partial charge on any atom is -0.410 e. The summed E-state index contributed by atoms with van der Waals surface area (Å²) < 4.78 is 5.61. The highest BCUT2D eigenvalue weighted by Gasteiger charge is 2.14. The summed E-state index contributed by atoms with van der Waals surface area (Å²) in [6.45, 7) is 2.00. The van der Waals surface area contributed by atoms with Gasteiger partial charge in [-0.05, 0) is 48.4 Å². The highest BCUT2D eigenvalue weighted by molar-refractivity contribution is 7.99. The monoisotopic (exact) mass is 377 g/mol. The summed E-state index contributed by atoms with van der Waals surface area (Å²) in [5.41, 5.74) is 1.89. The van der Waals surface area contributed by atoms with Gasteiger partial charge in [-0.2, -0.15) is 0 Å². The molecule has 1 amide bonds. The van der Waals surface area contributed by atoms with Gasteiger partial charge < -0.3 is 9.73 Å². The van der Waals surface area contributed by atoms with Crippen LogP contribution in [0.15, 0.2) is 50.2 Å². The Bertz CT molecular complexity index is 844. The van der Waals surface area contributed by atoms with Crippen molar-refractivity contribution in [3.8, 4) is 10.8 Å². The van der Waals surface area contributed by atoms with Crippen LogP contribution in [0, 0.1) is 6.92 Å². The number of hydrogen-bond donors (Lipinski definition) is 1. The van der Waals surface area contributed by atoms with E-state index in [1.807, 2.05) is 48.9 Å². The van der Waals surface area contributed by atoms with Gasteiger partial charge in [0.2, 0.25) is 5.91 Å². The third-order valence-electron chi connectivity index (χ3n) is 3.14. The van der Waals surface area contributed by atoms with Crippen molar-refractivity contribution in [2.24, 2.45) is 0 Å². The van der Waals surface area contributed by atoms with Crippen molar-refractivity contribution >= 4 is 46.5 Å². The number of hydrogen-bond acceptors (Lipinski definition) is 7. The fourth-order valence-electron chi connectivity index (χ4n) is 1.98. The average Bonchev–Trinajstić information content (AvgIpc) is 3.21. The molecule has 0 saturated heterocycles. The lowest BCUT2D eigenvalue weighted by Gasteiger charge is -2.05. The van der Waals surface area contributed by atoms with Crippen molar-refractivity contribution in [3.63, 3.8) is 0 Å². The molecule has 3 rings (SSSR count). The van der Waals surface area contributed by atoms with Crippen LogP contribution in [0.2, 0.25) is 0 Å². The first-order valence-corrected chi connectivity index (χ1v) is 10.2. The largest absolute Gasteiger partial charge is 0.410 e. The molecular weight excluding hydrogens is 362 g/mol. The summed E-state index contributed by atoms with van der Waals surface area (Å²) in [6.07, 6.45) is 2.00. The van der Waals surface area contributed by atoms with Crippen molar-refractivity contribution in [1.82, 2.24) is 10.2 Å². The van der Waals surface area contributed by atoms with Gasteiger partial charge in [0.25, 0.3) is 11.1 Å². The van der Waals surface area contributed by atoms with Gasteiger partial charge >= 0.3 is 0 Å². The van der Waals surface area contributed by atoms with Crippen LogP contribution in [0.1, 0.15) is 5.56 Å². The first kappa shape index (κ1) is 17.1. The van der Waals surface area contributed by atoms with Gasteiger partial charge in [-0.3, -0.25) is 4.79 Å². The summed E-state index contributed by atoms with van der Waals surface area (Å²) in [5.74, 6) is 0.609. The standard InChI is InChI=1S/C16H15N3O2S3/c1-10-6-7-23-14(10)15-18-19-16(21-15)24-9-13(20)17-11-4-3-5-12(8-11)22-2/h3-8H,9H2,1-2H3,(H,17,20). The number of anilines is 1. The van der Waals surface area contributed by atoms with Crippen molar-refractivity contribution < 1.29 is 9.21 Å². The number of aryl methyl sites for hydroxylation is 1. The molecule has 0 radical (unpaired) electrons. The number of rotatable bonds is 6. The number of nitrogens with one attached hydrogen (secondary N) is 1. The maximum absolute atomic E-state index is 12.0. The first-order valence-electron chi connectivity index (χ1n) is 7.10. The second-order valence-electron chi connectivity index (χ2n) is 4.87. The normalized spacial score (nSPS) is 10.8. The molecule has 3 aromatic rings. The Kier molecular flexibility index (Phi) is 5.60. The molecule has 0 aliphatic heterocycles. The van der Waals surface area contributed by atoms with Gasteiger partial charge in [-0.15, -0.1) is 33.3 Å². The Labute approximate surface area is 152 Å². The molecule has 124 valence electrons. The highest BCUT2D eigenvalue weighted by Crippen LogP contribution is 2.30. The van der Waals surface area contributed by atoms with E-state index in [2.05, 4.69) is 15.5 Å². The number of amides is 1. The van der Waals surface area contributed by atoms with E-state index in [-0.39, 0.29) is 11.7 Å². The average molecular weight is 378 g/mol. The molecule has 0 spiro atoms. The maximum Gasteiger partial charge on any atom is 0.277 e. The summed E-state index contributed by atoms with van der Waals surface area (Å²) in [7, 11) is 0. The van der Waals surface area contributed by atoms with Crippen molar-refractivity contribution in [1.29, 1.82) is 0 Å². The third kappa shape index (κ3) is 4.19. The molecule has 0 aliphatic carbocycles. The smallest absolute Gasteiger partial charge is 0.277 e. The Morgan fingerprint density at radius 3 is 2.96 bits per heavy atom. The van der Waals surface area contributed by atoms with Crippen LogP contribution in [0.5, 0.6) is 0 Å². The Morgan fingerprint density at radius 2 is 2.21 bits per heavy atom. The van der Waals surface area contributed by atoms with Crippen molar-refractivity contribution in [2.75, 3.05) is 17.3 Å². The van der Waals surface area contributed by atoms with Crippen LogP contribution in [0.3, 0.4) is 0 Å². The van der Waals surface area contributed by atoms with Crippen LogP contribution in [0.25, 0.3) is 10.8 Å². The SMILES string of the molecule is CSc1cccc(NC(=O)CSc2nnc(-c3sccc3C)o2)c1. The van der Waals surface area contributed by atoms with Crippen LogP contribution < -0.4 is 5.32 Å². The molecule has 8 heteroatoms. The van der Waals surface area contributed by atoms with Crippen molar-refractivity contribution in [3.05, 3.63) is 41.3 Å². The van der Waals surface area contributed by atoms with Crippen LogP contribution in [-0.4, -0.2) is 28.1 Å². The molecule has 24 heavy (non-hydrogen) atoms. The first-order chi connectivity index (χ1) is 11.7. The lowest BCUT2D eigenvalue weighted by molar-refractivity contribution is -0.113. The van der Waals surface area contributed by atoms with E-state index >= 15 is 0 Å². The van der Waals surface area contributed by atoms with E-state index in [1.165, 1.54) is 11.8 Å².